The first kappa shape index (κ1) is 34.6. The number of hydrogen-bond donors (Lipinski definition) is 0. The molecule has 8 aromatic carbocycles. The second-order valence-electron chi connectivity index (χ2n) is 15.4. The van der Waals surface area contributed by atoms with Gasteiger partial charge < -0.3 is 0 Å². The minimum atomic E-state index is -0.511. The van der Waals surface area contributed by atoms with Crippen LogP contribution >= 0.6 is 11.8 Å². The summed E-state index contributed by atoms with van der Waals surface area (Å²) in [4.78, 5) is 22.6. The van der Waals surface area contributed by atoms with Crippen molar-refractivity contribution in [1.29, 1.82) is 0 Å². The van der Waals surface area contributed by atoms with Crippen LogP contribution in [-0.4, -0.2) is 19.9 Å². The number of nitrogens with zero attached hydrogens (tertiary/aromatic N) is 4. The number of hydrogen-bond acceptors (Lipinski definition) is 5. The monoisotopic (exact) mass is 782 g/mol. The van der Waals surface area contributed by atoms with E-state index in [0.717, 1.165) is 49.8 Å². The maximum Gasteiger partial charge on any atom is 0.164 e. The summed E-state index contributed by atoms with van der Waals surface area (Å²) in [5, 5.41) is 1.13. The molecule has 5 heteroatoms. The van der Waals surface area contributed by atoms with Crippen molar-refractivity contribution in [2.75, 3.05) is 0 Å². The molecule has 2 aromatic heterocycles. The van der Waals surface area contributed by atoms with Gasteiger partial charge in [-0.2, -0.15) is 0 Å². The second kappa shape index (κ2) is 13.8. The highest BCUT2D eigenvalue weighted by atomic mass is 32.2. The molecule has 3 heterocycles. The first-order valence-electron chi connectivity index (χ1n) is 20.2. The Morgan fingerprint density at radius 2 is 0.833 bits per heavy atom. The van der Waals surface area contributed by atoms with Crippen LogP contribution in [0.25, 0.3) is 78.4 Å². The number of fused-ring (bicyclic) bond motifs is 10. The zero-order valence-corrected chi connectivity index (χ0v) is 33.1. The first-order valence-corrected chi connectivity index (χ1v) is 21.0. The molecule has 0 unspecified atom stereocenters. The minimum Gasteiger partial charge on any atom is -0.256 e. The lowest BCUT2D eigenvalue weighted by atomic mass is 9.67. The average molecular weight is 783 g/mol. The van der Waals surface area contributed by atoms with Crippen LogP contribution in [0.2, 0.25) is 0 Å². The number of benzene rings is 8. The molecular formula is C55H34N4S. The number of pyridine rings is 1. The van der Waals surface area contributed by atoms with E-state index in [1.54, 1.807) is 0 Å². The first-order chi connectivity index (χ1) is 29.7. The molecule has 0 atom stereocenters. The molecule has 0 saturated heterocycles. The van der Waals surface area contributed by atoms with Crippen LogP contribution in [0.5, 0.6) is 0 Å². The Bertz CT molecular complexity index is 3260. The molecule has 0 saturated carbocycles. The fourth-order valence-corrected chi connectivity index (χ4v) is 10.6. The normalized spacial score (nSPS) is 13.1. The molecule has 1 spiro atoms. The fourth-order valence-electron chi connectivity index (χ4n) is 9.30. The Morgan fingerprint density at radius 1 is 0.333 bits per heavy atom. The third-order valence-electron chi connectivity index (χ3n) is 12.0. The Hall–Kier alpha value is -7.47. The number of aromatic nitrogens is 4. The minimum absolute atomic E-state index is 0.511. The standard InChI is InChI=1S/C55H34N4S/c1-3-13-35(14-4-1)38-17-11-18-41(31-38)53-57-52(37-15-5-2-6-16-37)58-54(59-53)42-27-29-48-51(34-42)60-50-33-40(39-25-24-36-19-12-30-56-49(36)32-39)26-28-47(50)55(48)45-22-9-7-20-43(45)44-21-8-10-23-46(44)55/h1-34H. The van der Waals surface area contributed by atoms with Crippen LogP contribution < -0.4 is 0 Å². The van der Waals surface area contributed by atoms with E-state index in [1.165, 1.54) is 43.2 Å². The maximum absolute atomic E-state index is 5.23. The molecule has 10 aromatic rings. The van der Waals surface area contributed by atoms with Gasteiger partial charge in [0, 0.05) is 38.1 Å². The summed E-state index contributed by atoms with van der Waals surface area (Å²) >= 11 is 1.83. The van der Waals surface area contributed by atoms with Gasteiger partial charge in [0.25, 0.3) is 0 Å². The van der Waals surface area contributed by atoms with Crippen LogP contribution in [-0.2, 0) is 5.41 Å². The third kappa shape index (κ3) is 5.47. The van der Waals surface area contributed by atoms with Gasteiger partial charge in [0.1, 0.15) is 0 Å². The highest BCUT2D eigenvalue weighted by molar-refractivity contribution is 7.99. The summed E-state index contributed by atoms with van der Waals surface area (Å²) < 4.78 is 0. The summed E-state index contributed by atoms with van der Waals surface area (Å²) in [5.74, 6) is 1.91. The third-order valence-corrected chi connectivity index (χ3v) is 13.2. The van der Waals surface area contributed by atoms with Crippen LogP contribution in [0, 0.1) is 0 Å². The van der Waals surface area contributed by atoms with Gasteiger partial charge >= 0.3 is 0 Å². The zero-order valence-electron chi connectivity index (χ0n) is 32.3. The van der Waals surface area contributed by atoms with E-state index in [4.69, 9.17) is 15.0 Å². The van der Waals surface area contributed by atoms with E-state index in [1.807, 2.05) is 48.3 Å². The molecule has 0 amide bonds. The highest BCUT2D eigenvalue weighted by Gasteiger charge is 2.50. The molecule has 280 valence electrons. The molecule has 1 aliphatic carbocycles. The largest absolute Gasteiger partial charge is 0.256 e. The summed E-state index contributed by atoms with van der Waals surface area (Å²) in [6, 6.07) is 71.5. The van der Waals surface area contributed by atoms with Crippen molar-refractivity contribution in [2.45, 2.75) is 15.2 Å². The molecule has 60 heavy (non-hydrogen) atoms. The quantitative estimate of drug-likeness (QED) is 0.174. The van der Waals surface area contributed by atoms with Gasteiger partial charge in [0.2, 0.25) is 0 Å². The van der Waals surface area contributed by atoms with Gasteiger partial charge in [-0.15, -0.1) is 0 Å². The Morgan fingerprint density at radius 3 is 1.53 bits per heavy atom. The molecule has 1 aliphatic heterocycles. The molecule has 0 radical (unpaired) electrons. The molecule has 0 bridgehead atoms. The van der Waals surface area contributed by atoms with E-state index in [0.29, 0.717) is 17.5 Å². The SMILES string of the molecule is c1ccc(-c2cccc(-c3nc(-c4ccccc4)nc(-c4ccc5c(c4)Sc4cc(-c6ccc7cccnc7c6)ccc4C54c5ccccc5-c5ccccc54)n3)c2)cc1. The van der Waals surface area contributed by atoms with Crippen LogP contribution in [0.3, 0.4) is 0 Å². The summed E-state index contributed by atoms with van der Waals surface area (Å²) in [6.45, 7) is 0. The van der Waals surface area contributed by atoms with Crippen molar-refractivity contribution in [2.24, 2.45) is 0 Å². The Balaban J connectivity index is 1.06. The molecule has 2 aliphatic rings. The van der Waals surface area contributed by atoms with E-state index in [-0.39, 0.29) is 0 Å². The van der Waals surface area contributed by atoms with E-state index in [2.05, 4.69) is 175 Å². The molecule has 4 nitrogen and oxygen atoms in total. The van der Waals surface area contributed by atoms with Crippen molar-refractivity contribution >= 4 is 22.7 Å². The number of rotatable bonds is 5. The van der Waals surface area contributed by atoms with E-state index < -0.39 is 5.41 Å². The van der Waals surface area contributed by atoms with Crippen LogP contribution in [0.4, 0.5) is 0 Å². The van der Waals surface area contributed by atoms with Crippen molar-refractivity contribution < 1.29 is 0 Å². The molecular weight excluding hydrogens is 749 g/mol. The Labute approximate surface area is 352 Å². The van der Waals surface area contributed by atoms with Crippen molar-refractivity contribution in [3.63, 3.8) is 0 Å². The molecule has 0 fully saturated rings. The zero-order chi connectivity index (χ0) is 39.6. The van der Waals surface area contributed by atoms with Gasteiger partial charge in [0.05, 0.1) is 10.9 Å². The van der Waals surface area contributed by atoms with Crippen molar-refractivity contribution in [1.82, 2.24) is 19.9 Å². The van der Waals surface area contributed by atoms with Gasteiger partial charge in [0.15, 0.2) is 17.5 Å². The smallest absolute Gasteiger partial charge is 0.164 e. The average Bonchev–Trinajstić information content (AvgIpc) is 3.62. The second-order valence-corrected chi connectivity index (χ2v) is 16.5. The van der Waals surface area contributed by atoms with E-state index in [9.17, 15) is 0 Å². The maximum atomic E-state index is 5.23. The van der Waals surface area contributed by atoms with Crippen LogP contribution in [0.15, 0.2) is 216 Å². The van der Waals surface area contributed by atoms with E-state index >= 15 is 0 Å². The highest BCUT2D eigenvalue weighted by Crippen LogP contribution is 2.62. The van der Waals surface area contributed by atoms with Crippen molar-refractivity contribution in [3.8, 4) is 67.5 Å². The van der Waals surface area contributed by atoms with Crippen molar-refractivity contribution in [3.05, 3.63) is 229 Å². The lowest BCUT2D eigenvalue weighted by Crippen LogP contribution is -2.32. The predicted molar refractivity (Wildman–Crippen MR) is 244 cm³/mol. The van der Waals surface area contributed by atoms with Gasteiger partial charge in [-0.25, -0.2) is 15.0 Å². The van der Waals surface area contributed by atoms with Crippen LogP contribution in [0.1, 0.15) is 22.3 Å². The summed E-state index contributed by atoms with van der Waals surface area (Å²) in [5.41, 5.74) is 15.6. The van der Waals surface area contributed by atoms with Gasteiger partial charge in [-0.3, -0.25) is 4.98 Å². The summed E-state index contributed by atoms with van der Waals surface area (Å²) in [6.07, 6.45) is 1.86. The summed E-state index contributed by atoms with van der Waals surface area (Å²) in [7, 11) is 0. The Kier molecular flexibility index (Phi) is 7.97. The topological polar surface area (TPSA) is 51.6 Å². The van der Waals surface area contributed by atoms with Gasteiger partial charge in [-0.05, 0) is 86.0 Å². The lowest BCUT2D eigenvalue weighted by molar-refractivity contribution is 0.722. The predicted octanol–water partition coefficient (Wildman–Crippen LogP) is 13.6. The molecule has 12 rings (SSSR count). The lowest BCUT2D eigenvalue weighted by Gasteiger charge is -2.40. The molecule has 0 N–H and O–H groups in total. The van der Waals surface area contributed by atoms with Gasteiger partial charge in [-0.1, -0.05) is 182 Å². The fraction of sp³-hybridized carbons (Fsp3) is 0.0182.